The number of hydrogen-bond donors (Lipinski definition) is 0. The van der Waals surface area contributed by atoms with E-state index < -0.39 is 0 Å². The monoisotopic (exact) mass is 136 g/mol. The maximum absolute atomic E-state index is 7.62. The van der Waals surface area contributed by atoms with Crippen LogP contribution in [0.25, 0.3) is 5.84 Å². The molecule has 10 heavy (non-hydrogen) atoms. The van der Waals surface area contributed by atoms with E-state index in [4.69, 9.17) is 5.84 Å². The maximum atomic E-state index is 7.62. The van der Waals surface area contributed by atoms with Crippen molar-refractivity contribution < 1.29 is 4.68 Å². The molecule has 0 aromatic heterocycles. The lowest BCUT2D eigenvalue weighted by molar-refractivity contribution is -0.440. The summed E-state index contributed by atoms with van der Waals surface area (Å²) < 4.78 is 1.79. The van der Waals surface area contributed by atoms with Crippen LogP contribution in [-0.2, 0) is 0 Å². The normalized spacial score (nSPS) is 49.4. The average molecular weight is 136 g/mol. The number of nitrogens with zero attached hydrogens (tertiary/aromatic N) is 1. The first-order valence-corrected chi connectivity index (χ1v) is 4.21. The van der Waals surface area contributed by atoms with Gasteiger partial charge >= 0.3 is 0 Å². The lowest BCUT2D eigenvalue weighted by Gasteiger charge is -2.28. The standard InChI is InChI=1S/C8H12N2/c9-10-7-5-6-1-3-8(7,10)4-2-6/h6,9H,1-5H2. The van der Waals surface area contributed by atoms with Crippen molar-refractivity contribution in [2.75, 3.05) is 0 Å². The third kappa shape index (κ3) is 0.360. The molecule has 1 heterocycles. The lowest BCUT2D eigenvalue weighted by Crippen LogP contribution is -2.35. The fourth-order valence-corrected chi connectivity index (χ4v) is 2.80. The van der Waals surface area contributed by atoms with Crippen LogP contribution in [0.5, 0.6) is 0 Å². The molecule has 1 aliphatic heterocycles. The molecule has 0 aromatic rings. The Morgan fingerprint density at radius 2 is 2.10 bits per heavy atom. The van der Waals surface area contributed by atoms with Crippen molar-refractivity contribution in [1.82, 2.24) is 0 Å². The summed E-state index contributed by atoms with van der Waals surface area (Å²) in [7, 11) is 0. The molecule has 54 valence electrons. The predicted octanol–water partition coefficient (Wildman–Crippen LogP) is 1.75. The summed E-state index contributed by atoms with van der Waals surface area (Å²) in [5, 5.41) is 0. The Labute approximate surface area is 60.7 Å². The molecule has 0 unspecified atom stereocenters. The molecule has 2 heteroatoms. The van der Waals surface area contributed by atoms with Gasteiger partial charge in [-0.15, -0.1) is 0 Å². The number of rotatable bonds is 0. The van der Waals surface area contributed by atoms with Crippen LogP contribution < -0.4 is 0 Å². The minimum atomic E-state index is 0.328. The van der Waals surface area contributed by atoms with E-state index in [1.54, 1.807) is 4.68 Å². The quantitative estimate of drug-likeness (QED) is 0.454. The van der Waals surface area contributed by atoms with Crippen molar-refractivity contribution >= 4 is 5.71 Å². The zero-order valence-corrected chi connectivity index (χ0v) is 6.06. The zero-order chi connectivity index (χ0) is 6.77. The van der Waals surface area contributed by atoms with Crippen LogP contribution >= 0.6 is 0 Å². The van der Waals surface area contributed by atoms with Gasteiger partial charge < -0.3 is 5.84 Å². The number of hydrogen-bond acceptors (Lipinski definition) is 0. The SMILES string of the molecule is [NH-][N+]1=C2CC3CCC21CC3. The van der Waals surface area contributed by atoms with Gasteiger partial charge in [-0.3, -0.25) is 4.68 Å². The average Bonchev–Trinajstić information content (AvgIpc) is 2.60. The first-order valence-electron chi connectivity index (χ1n) is 4.21. The minimum Gasteiger partial charge on any atom is -0.454 e. The van der Waals surface area contributed by atoms with Crippen LogP contribution in [0.4, 0.5) is 0 Å². The van der Waals surface area contributed by atoms with E-state index in [1.165, 1.54) is 37.8 Å². The van der Waals surface area contributed by atoms with Gasteiger partial charge in [-0.05, 0) is 18.8 Å². The summed E-state index contributed by atoms with van der Waals surface area (Å²) in [5.41, 5.74) is 1.78. The maximum Gasteiger partial charge on any atom is 0.236 e. The van der Waals surface area contributed by atoms with E-state index in [2.05, 4.69) is 0 Å². The Balaban J connectivity index is 2.03. The highest BCUT2D eigenvalue weighted by Crippen LogP contribution is 2.51. The summed E-state index contributed by atoms with van der Waals surface area (Å²) in [4.78, 5) is 0. The minimum absolute atomic E-state index is 0.328. The fraction of sp³-hybridized carbons (Fsp3) is 0.875. The third-order valence-electron chi connectivity index (χ3n) is 3.60. The summed E-state index contributed by atoms with van der Waals surface area (Å²) >= 11 is 0. The van der Waals surface area contributed by atoms with Crippen LogP contribution in [0.15, 0.2) is 0 Å². The molecule has 1 spiro atoms. The highest BCUT2D eigenvalue weighted by atomic mass is 15.5. The van der Waals surface area contributed by atoms with Gasteiger partial charge in [0.1, 0.15) is 0 Å². The van der Waals surface area contributed by atoms with Gasteiger partial charge in [-0.25, -0.2) is 0 Å². The highest BCUT2D eigenvalue weighted by Gasteiger charge is 2.65. The molecular formula is C8H12N2. The molecule has 2 bridgehead atoms. The summed E-state index contributed by atoms with van der Waals surface area (Å²) in [5.74, 6) is 8.57. The van der Waals surface area contributed by atoms with Crippen LogP contribution in [-0.4, -0.2) is 15.9 Å². The molecule has 1 N–H and O–H groups in total. The topological polar surface area (TPSA) is 26.8 Å². The fourth-order valence-electron chi connectivity index (χ4n) is 2.80. The smallest absolute Gasteiger partial charge is 0.236 e. The van der Waals surface area contributed by atoms with Crippen molar-refractivity contribution in [3.05, 3.63) is 5.84 Å². The van der Waals surface area contributed by atoms with Gasteiger partial charge in [-0.2, -0.15) is 0 Å². The largest absolute Gasteiger partial charge is 0.454 e. The van der Waals surface area contributed by atoms with Crippen molar-refractivity contribution in [2.45, 2.75) is 37.6 Å². The molecule has 0 aromatic carbocycles. The van der Waals surface area contributed by atoms with Crippen molar-refractivity contribution in [1.29, 1.82) is 0 Å². The van der Waals surface area contributed by atoms with Gasteiger partial charge in [0.15, 0.2) is 0 Å². The Bertz CT molecular complexity index is 221. The Morgan fingerprint density at radius 3 is 2.50 bits per heavy atom. The van der Waals surface area contributed by atoms with E-state index in [-0.39, 0.29) is 0 Å². The van der Waals surface area contributed by atoms with Crippen LogP contribution in [0.1, 0.15) is 32.1 Å². The van der Waals surface area contributed by atoms with Crippen LogP contribution in [0.2, 0.25) is 0 Å². The molecule has 3 fully saturated rings. The van der Waals surface area contributed by atoms with Gasteiger partial charge in [-0.1, -0.05) is 0 Å². The van der Waals surface area contributed by atoms with Gasteiger partial charge in [0.2, 0.25) is 11.3 Å². The number of nitrogens with one attached hydrogen (secondary N) is 1. The first-order chi connectivity index (χ1) is 4.83. The molecular weight excluding hydrogens is 124 g/mol. The zero-order valence-electron chi connectivity index (χ0n) is 6.06. The van der Waals surface area contributed by atoms with Crippen LogP contribution in [0, 0.1) is 5.92 Å². The molecule has 0 saturated heterocycles. The van der Waals surface area contributed by atoms with Crippen LogP contribution in [0.3, 0.4) is 0 Å². The Hall–Kier alpha value is -0.530. The lowest BCUT2D eigenvalue weighted by atomic mass is 9.70. The molecule has 0 amide bonds. The highest BCUT2D eigenvalue weighted by molar-refractivity contribution is 5.97. The molecule has 4 rings (SSSR count). The number of fused-ring (bicyclic) bond motifs is 2. The summed E-state index contributed by atoms with van der Waals surface area (Å²) in [6.07, 6.45) is 6.61. The second-order valence-electron chi connectivity index (χ2n) is 3.96. The predicted molar refractivity (Wildman–Crippen MR) is 38.9 cm³/mol. The second kappa shape index (κ2) is 1.25. The van der Waals surface area contributed by atoms with E-state index in [1.807, 2.05) is 0 Å². The molecule has 0 radical (unpaired) electrons. The Kier molecular flexibility index (Phi) is 0.644. The molecule has 3 aliphatic carbocycles. The van der Waals surface area contributed by atoms with E-state index in [0.717, 1.165) is 5.92 Å². The summed E-state index contributed by atoms with van der Waals surface area (Å²) in [6, 6.07) is 0. The second-order valence-corrected chi connectivity index (χ2v) is 3.96. The van der Waals surface area contributed by atoms with Crippen molar-refractivity contribution in [2.24, 2.45) is 5.92 Å². The van der Waals surface area contributed by atoms with Crippen molar-refractivity contribution in [3.8, 4) is 0 Å². The third-order valence-corrected chi connectivity index (χ3v) is 3.60. The Morgan fingerprint density at radius 1 is 1.40 bits per heavy atom. The first kappa shape index (κ1) is 5.16. The van der Waals surface area contributed by atoms with Crippen molar-refractivity contribution in [3.63, 3.8) is 0 Å². The summed E-state index contributed by atoms with van der Waals surface area (Å²) in [6.45, 7) is 0. The van der Waals surface area contributed by atoms with Gasteiger partial charge in [0, 0.05) is 19.3 Å². The van der Waals surface area contributed by atoms with E-state index in [9.17, 15) is 0 Å². The molecule has 3 saturated carbocycles. The molecule has 0 atom stereocenters. The molecule has 2 nitrogen and oxygen atoms in total. The van der Waals surface area contributed by atoms with Gasteiger partial charge in [0.05, 0.1) is 0 Å². The van der Waals surface area contributed by atoms with E-state index in [0.29, 0.717) is 5.54 Å². The van der Waals surface area contributed by atoms with E-state index >= 15 is 0 Å². The van der Waals surface area contributed by atoms with Gasteiger partial charge in [0.25, 0.3) is 0 Å². The molecule has 4 aliphatic rings.